The van der Waals surface area contributed by atoms with Crippen LogP contribution in [0.25, 0.3) is 6.08 Å². The molecule has 2 rings (SSSR count). The molecule has 1 amide bonds. The first-order valence-electron chi connectivity index (χ1n) is 5.44. The van der Waals surface area contributed by atoms with Crippen LogP contribution in [0.4, 0.5) is 5.69 Å². The monoisotopic (exact) mass is 275 g/mol. The van der Waals surface area contributed by atoms with Crippen LogP contribution in [0, 0.1) is 0 Å². The smallest absolute Gasteiger partial charge is 0.248 e. The number of anilines is 1. The Balaban J connectivity index is 1.98. The molecule has 2 nitrogen and oxygen atoms in total. The summed E-state index contributed by atoms with van der Waals surface area (Å²) in [4.78, 5) is 13.9. The van der Waals surface area contributed by atoms with E-state index in [9.17, 15) is 4.79 Å². The number of hydrogen-bond acceptors (Lipinski definition) is 3. The third-order valence-corrected chi connectivity index (χ3v) is 3.84. The lowest BCUT2D eigenvalue weighted by Crippen LogP contribution is -2.07. The molecule has 1 aromatic heterocycles. The molecule has 0 radical (unpaired) electrons. The molecule has 2 aromatic rings. The average Bonchev–Trinajstić information content (AvgIpc) is 2.90. The summed E-state index contributed by atoms with van der Waals surface area (Å²) in [5.74, 6) is -0.110. The Bertz CT molecular complexity index is 547. The summed E-state index contributed by atoms with van der Waals surface area (Å²) in [6.07, 6.45) is 5.38. The summed E-state index contributed by atoms with van der Waals surface area (Å²) in [5.41, 5.74) is 0.822. The van der Waals surface area contributed by atoms with Gasteiger partial charge in [-0.05, 0) is 42.0 Å². The van der Waals surface area contributed by atoms with Crippen LogP contribution in [-0.2, 0) is 4.79 Å². The van der Waals surface area contributed by atoms with Gasteiger partial charge in [-0.2, -0.15) is 0 Å². The van der Waals surface area contributed by atoms with Gasteiger partial charge >= 0.3 is 0 Å². The third-order valence-electron chi connectivity index (χ3n) is 2.28. The fraction of sp³-hybridized carbons (Fsp3) is 0.0714. The topological polar surface area (TPSA) is 29.1 Å². The number of carbonyl (C=O) groups is 1. The second-order valence-electron chi connectivity index (χ2n) is 3.57. The van der Waals surface area contributed by atoms with Gasteiger partial charge in [-0.15, -0.1) is 23.1 Å². The quantitative estimate of drug-likeness (QED) is 0.671. The van der Waals surface area contributed by atoms with Crippen LogP contribution < -0.4 is 5.32 Å². The van der Waals surface area contributed by atoms with Crippen LogP contribution in [0.3, 0.4) is 0 Å². The third kappa shape index (κ3) is 3.75. The lowest BCUT2D eigenvalue weighted by molar-refractivity contribution is -0.111. The van der Waals surface area contributed by atoms with Crippen molar-refractivity contribution in [1.29, 1.82) is 0 Å². The molecule has 0 aliphatic rings. The van der Waals surface area contributed by atoms with Gasteiger partial charge in [0.15, 0.2) is 0 Å². The SMILES string of the molecule is CSc1cccc(NC(=O)C=Cc2cccs2)c1. The minimum atomic E-state index is -0.110. The Labute approximate surface area is 115 Å². The fourth-order valence-electron chi connectivity index (χ4n) is 1.43. The molecule has 92 valence electrons. The average molecular weight is 275 g/mol. The van der Waals surface area contributed by atoms with Crippen LogP contribution in [0.2, 0.25) is 0 Å². The zero-order chi connectivity index (χ0) is 12.8. The van der Waals surface area contributed by atoms with Gasteiger partial charge in [-0.25, -0.2) is 0 Å². The van der Waals surface area contributed by atoms with Crippen molar-refractivity contribution in [3.05, 3.63) is 52.7 Å². The van der Waals surface area contributed by atoms with Gasteiger partial charge in [0.05, 0.1) is 0 Å². The fourth-order valence-corrected chi connectivity index (χ4v) is 2.51. The Morgan fingerprint density at radius 2 is 2.22 bits per heavy atom. The molecule has 0 aliphatic carbocycles. The van der Waals surface area contributed by atoms with Crippen molar-refractivity contribution < 1.29 is 4.79 Å². The molecule has 1 aromatic carbocycles. The molecule has 0 atom stereocenters. The van der Waals surface area contributed by atoms with Gasteiger partial charge in [-0.1, -0.05) is 12.1 Å². The molecule has 0 fully saturated rings. The molecule has 4 heteroatoms. The van der Waals surface area contributed by atoms with E-state index < -0.39 is 0 Å². The largest absolute Gasteiger partial charge is 0.322 e. The molecule has 0 aliphatic heterocycles. The normalized spacial score (nSPS) is 10.7. The molecule has 18 heavy (non-hydrogen) atoms. The van der Waals surface area contributed by atoms with Crippen molar-refractivity contribution >= 4 is 40.8 Å². The molecular weight excluding hydrogens is 262 g/mol. The Morgan fingerprint density at radius 3 is 2.94 bits per heavy atom. The first-order valence-corrected chi connectivity index (χ1v) is 7.55. The van der Waals surface area contributed by atoms with Crippen molar-refractivity contribution in [2.24, 2.45) is 0 Å². The number of rotatable bonds is 4. The molecule has 0 saturated carbocycles. The number of nitrogens with one attached hydrogen (secondary N) is 1. The van der Waals surface area contributed by atoms with Crippen molar-refractivity contribution in [2.75, 3.05) is 11.6 Å². The highest BCUT2D eigenvalue weighted by molar-refractivity contribution is 7.98. The summed E-state index contributed by atoms with van der Waals surface area (Å²) >= 11 is 3.26. The molecular formula is C14H13NOS2. The van der Waals surface area contributed by atoms with Gasteiger partial charge in [0.1, 0.15) is 0 Å². The van der Waals surface area contributed by atoms with E-state index in [4.69, 9.17) is 0 Å². The Hall–Kier alpha value is -1.52. The van der Waals surface area contributed by atoms with E-state index in [1.807, 2.05) is 54.1 Å². The second-order valence-corrected chi connectivity index (χ2v) is 5.43. The van der Waals surface area contributed by atoms with Crippen LogP contribution in [-0.4, -0.2) is 12.2 Å². The van der Waals surface area contributed by atoms with E-state index in [0.717, 1.165) is 15.5 Å². The van der Waals surface area contributed by atoms with Crippen molar-refractivity contribution in [3.8, 4) is 0 Å². The minimum Gasteiger partial charge on any atom is -0.322 e. The maximum Gasteiger partial charge on any atom is 0.248 e. The number of carbonyl (C=O) groups excluding carboxylic acids is 1. The molecule has 0 saturated heterocycles. The van der Waals surface area contributed by atoms with E-state index in [0.29, 0.717) is 0 Å². The summed E-state index contributed by atoms with van der Waals surface area (Å²) in [5, 5.41) is 4.83. The summed E-state index contributed by atoms with van der Waals surface area (Å²) in [6.45, 7) is 0. The molecule has 1 heterocycles. The lowest BCUT2D eigenvalue weighted by atomic mass is 10.3. The van der Waals surface area contributed by atoms with E-state index >= 15 is 0 Å². The Kier molecular flexibility index (Phi) is 4.61. The van der Waals surface area contributed by atoms with Gasteiger partial charge in [0, 0.05) is 21.5 Å². The molecule has 0 unspecified atom stereocenters. The predicted octanol–water partition coefficient (Wildman–Crippen LogP) is 4.12. The summed E-state index contributed by atoms with van der Waals surface area (Å²) in [7, 11) is 0. The predicted molar refractivity (Wildman–Crippen MR) is 80.2 cm³/mol. The maximum atomic E-state index is 11.7. The first kappa shape index (κ1) is 12.9. The second kappa shape index (κ2) is 6.42. The number of benzene rings is 1. The maximum absolute atomic E-state index is 11.7. The van der Waals surface area contributed by atoms with Crippen LogP contribution in [0.5, 0.6) is 0 Å². The van der Waals surface area contributed by atoms with E-state index in [2.05, 4.69) is 5.32 Å². The van der Waals surface area contributed by atoms with Gasteiger partial charge in [-0.3, -0.25) is 4.79 Å². The van der Waals surface area contributed by atoms with E-state index in [1.54, 1.807) is 29.2 Å². The van der Waals surface area contributed by atoms with Gasteiger partial charge in [0.2, 0.25) is 5.91 Å². The molecule has 0 spiro atoms. The molecule has 0 bridgehead atoms. The number of thioether (sulfide) groups is 1. The van der Waals surface area contributed by atoms with Crippen molar-refractivity contribution in [3.63, 3.8) is 0 Å². The zero-order valence-corrected chi connectivity index (χ0v) is 11.6. The van der Waals surface area contributed by atoms with Crippen LogP contribution >= 0.6 is 23.1 Å². The van der Waals surface area contributed by atoms with E-state index in [-0.39, 0.29) is 5.91 Å². The summed E-state index contributed by atoms with van der Waals surface area (Å²) in [6, 6.07) is 11.7. The number of thiophene rings is 1. The van der Waals surface area contributed by atoms with Crippen molar-refractivity contribution in [1.82, 2.24) is 0 Å². The van der Waals surface area contributed by atoms with E-state index in [1.165, 1.54) is 0 Å². The van der Waals surface area contributed by atoms with Crippen molar-refractivity contribution in [2.45, 2.75) is 4.90 Å². The number of hydrogen-bond donors (Lipinski definition) is 1. The first-order chi connectivity index (χ1) is 8.78. The highest BCUT2D eigenvalue weighted by Crippen LogP contribution is 2.19. The Morgan fingerprint density at radius 1 is 1.33 bits per heavy atom. The standard InChI is InChI=1S/C14H13NOS2/c1-17-13-5-2-4-11(10-13)15-14(16)8-7-12-6-3-9-18-12/h2-10H,1H3,(H,15,16). The number of amides is 1. The van der Waals surface area contributed by atoms with Crippen LogP contribution in [0.15, 0.2) is 52.7 Å². The van der Waals surface area contributed by atoms with Gasteiger partial charge < -0.3 is 5.32 Å². The summed E-state index contributed by atoms with van der Waals surface area (Å²) < 4.78 is 0. The highest BCUT2D eigenvalue weighted by atomic mass is 32.2. The lowest BCUT2D eigenvalue weighted by Gasteiger charge is -2.03. The minimum absolute atomic E-state index is 0.110. The highest BCUT2D eigenvalue weighted by Gasteiger charge is 1.99. The zero-order valence-electron chi connectivity index (χ0n) is 9.92. The van der Waals surface area contributed by atoms with Gasteiger partial charge in [0.25, 0.3) is 0 Å². The molecule has 1 N–H and O–H groups in total. The van der Waals surface area contributed by atoms with Crippen LogP contribution in [0.1, 0.15) is 4.88 Å².